The molecule has 4 rings (SSSR count). The molecule has 6 nitrogen and oxygen atoms in total. The fourth-order valence-electron chi connectivity index (χ4n) is 3.79. The van der Waals surface area contributed by atoms with E-state index in [0.29, 0.717) is 18.7 Å². The van der Waals surface area contributed by atoms with Crippen molar-refractivity contribution in [3.05, 3.63) is 71.3 Å². The van der Waals surface area contributed by atoms with Crippen LogP contribution in [0.25, 0.3) is 0 Å². The molecule has 1 aliphatic rings. The number of nitrogens with zero attached hydrogens (tertiary/aromatic N) is 5. The van der Waals surface area contributed by atoms with E-state index in [4.69, 9.17) is 0 Å². The number of rotatable bonds is 4. The minimum Gasteiger partial charge on any atom is -0.348 e. The molecule has 1 atom stereocenters. The number of carbonyl (C=O) groups is 1. The summed E-state index contributed by atoms with van der Waals surface area (Å²) < 4.78 is 42.2. The molecule has 2 aromatic heterocycles. The van der Waals surface area contributed by atoms with Crippen molar-refractivity contribution in [2.75, 3.05) is 6.54 Å². The van der Waals surface area contributed by atoms with E-state index < -0.39 is 11.7 Å². The van der Waals surface area contributed by atoms with E-state index in [0.717, 1.165) is 24.2 Å². The van der Waals surface area contributed by atoms with Gasteiger partial charge in [0.2, 0.25) is 0 Å². The van der Waals surface area contributed by atoms with E-state index in [1.807, 2.05) is 25.3 Å². The maximum atomic E-state index is 13.0. The highest BCUT2D eigenvalue weighted by molar-refractivity contribution is 5.92. The molecular weight excluding hydrogens is 383 g/mol. The number of aromatic nitrogens is 4. The average molecular weight is 403 g/mol. The summed E-state index contributed by atoms with van der Waals surface area (Å²) in [5.41, 5.74) is 0.998. The lowest BCUT2D eigenvalue weighted by Gasteiger charge is -2.36. The van der Waals surface area contributed by atoms with E-state index in [1.54, 1.807) is 11.0 Å². The molecule has 0 radical (unpaired) electrons. The van der Waals surface area contributed by atoms with Crippen LogP contribution in [0, 0.1) is 0 Å². The lowest BCUT2D eigenvalue weighted by molar-refractivity contribution is -0.137. The molecule has 29 heavy (non-hydrogen) atoms. The van der Waals surface area contributed by atoms with Gasteiger partial charge in [0.15, 0.2) is 5.69 Å². The minimum atomic E-state index is -4.40. The number of hydrogen-bond acceptors (Lipinski definition) is 3. The molecule has 0 N–H and O–H groups in total. The fraction of sp³-hybridized carbons (Fsp3) is 0.350. The Morgan fingerprint density at radius 2 is 2.03 bits per heavy atom. The van der Waals surface area contributed by atoms with Crippen LogP contribution >= 0.6 is 0 Å². The first-order chi connectivity index (χ1) is 13.9. The predicted octanol–water partition coefficient (Wildman–Crippen LogP) is 3.75. The van der Waals surface area contributed by atoms with Gasteiger partial charge in [0.25, 0.3) is 5.91 Å². The molecule has 0 saturated carbocycles. The van der Waals surface area contributed by atoms with E-state index in [2.05, 4.69) is 14.9 Å². The molecule has 0 saturated heterocycles. The Morgan fingerprint density at radius 1 is 1.21 bits per heavy atom. The van der Waals surface area contributed by atoms with Crippen molar-refractivity contribution in [1.29, 1.82) is 0 Å². The van der Waals surface area contributed by atoms with Gasteiger partial charge in [-0.05, 0) is 36.2 Å². The first-order valence-electron chi connectivity index (χ1n) is 9.39. The van der Waals surface area contributed by atoms with Crippen LogP contribution in [0.1, 0.15) is 46.7 Å². The molecule has 0 spiro atoms. The zero-order chi connectivity index (χ0) is 20.6. The molecule has 3 heterocycles. The second-order valence-corrected chi connectivity index (χ2v) is 7.05. The van der Waals surface area contributed by atoms with Crippen LogP contribution < -0.4 is 0 Å². The molecule has 152 valence electrons. The normalized spacial score (nSPS) is 16.7. The van der Waals surface area contributed by atoms with E-state index in [9.17, 15) is 18.0 Å². The van der Waals surface area contributed by atoms with Crippen molar-refractivity contribution in [1.82, 2.24) is 24.5 Å². The lowest BCUT2D eigenvalue weighted by Crippen LogP contribution is -2.41. The molecule has 1 aliphatic heterocycles. The molecule has 0 aliphatic carbocycles. The molecule has 3 aromatic rings. The van der Waals surface area contributed by atoms with E-state index in [-0.39, 0.29) is 24.2 Å². The third kappa shape index (κ3) is 3.76. The first-order valence-corrected chi connectivity index (χ1v) is 9.39. The fourth-order valence-corrected chi connectivity index (χ4v) is 3.79. The van der Waals surface area contributed by atoms with Crippen LogP contribution in [-0.4, -0.2) is 36.9 Å². The Labute approximate surface area is 165 Å². The number of halogens is 3. The summed E-state index contributed by atoms with van der Waals surface area (Å²) in [5, 5.41) is 7.90. The lowest BCUT2D eigenvalue weighted by atomic mass is 10.1. The minimum absolute atomic E-state index is 0.0418. The summed E-state index contributed by atoms with van der Waals surface area (Å²) >= 11 is 0. The molecular formula is C20H20F3N5O. The average Bonchev–Trinajstić information content (AvgIpc) is 3.35. The maximum absolute atomic E-state index is 13.0. The molecule has 1 amide bonds. The monoisotopic (exact) mass is 403 g/mol. The summed E-state index contributed by atoms with van der Waals surface area (Å²) in [7, 11) is 0. The van der Waals surface area contributed by atoms with Crippen molar-refractivity contribution in [3.8, 4) is 0 Å². The van der Waals surface area contributed by atoms with E-state index >= 15 is 0 Å². The number of hydrogen-bond donors (Lipinski definition) is 0. The Morgan fingerprint density at radius 3 is 2.79 bits per heavy atom. The third-order valence-electron chi connectivity index (χ3n) is 5.17. The quantitative estimate of drug-likeness (QED) is 0.667. The van der Waals surface area contributed by atoms with Crippen molar-refractivity contribution in [2.45, 2.75) is 38.7 Å². The highest BCUT2D eigenvalue weighted by Crippen LogP contribution is 2.31. The predicted molar refractivity (Wildman–Crippen MR) is 99.1 cm³/mol. The number of benzene rings is 1. The van der Waals surface area contributed by atoms with E-state index in [1.165, 1.54) is 16.9 Å². The Hall–Kier alpha value is -3.10. The molecule has 1 aromatic carbocycles. The van der Waals surface area contributed by atoms with Crippen LogP contribution in [0.4, 0.5) is 13.2 Å². The van der Waals surface area contributed by atoms with Crippen LogP contribution in [0.15, 0.2) is 48.8 Å². The Kier molecular flexibility index (Phi) is 4.89. The molecule has 0 fully saturated rings. The summed E-state index contributed by atoms with van der Waals surface area (Å²) in [4.78, 5) is 14.8. The second kappa shape index (κ2) is 7.38. The maximum Gasteiger partial charge on any atom is 0.416 e. The van der Waals surface area contributed by atoms with Crippen molar-refractivity contribution in [3.63, 3.8) is 0 Å². The highest BCUT2D eigenvalue weighted by Gasteiger charge is 2.32. The number of carbonyl (C=O) groups excluding carboxylic acids is 1. The van der Waals surface area contributed by atoms with Crippen LogP contribution in [0.3, 0.4) is 0 Å². The highest BCUT2D eigenvalue weighted by atomic mass is 19.4. The molecule has 9 heteroatoms. The summed E-state index contributed by atoms with van der Waals surface area (Å²) in [6.45, 7) is 3.41. The molecule has 0 unspecified atom stereocenters. The van der Waals surface area contributed by atoms with Crippen LogP contribution in [0.5, 0.6) is 0 Å². The van der Waals surface area contributed by atoms with Gasteiger partial charge in [0, 0.05) is 25.0 Å². The zero-order valence-corrected chi connectivity index (χ0v) is 15.8. The number of amides is 1. The summed E-state index contributed by atoms with van der Waals surface area (Å²) in [5.74, 6) is -0.223. The van der Waals surface area contributed by atoms with Gasteiger partial charge in [-0.25, -0.2) is 4.68 Å². The molecule has 0 bridgehead atoms. The SMILES string of the molecule is CC[C@H]1c2cccn2CCN1C(=O)c1cn(Cc2cccc(C(F)(F)F)c2)nn1. The summed E-state index contributed by atoms with van der Waals surface area (Å²) in [6, 6.07) is 8.99. The van der Waals surface area contributed by atoms with Gasteiger partial charge >= 0.3 is 6.18 Å². The second-order valence-electron chi connectivity index (χ2n) is 7.05. The number of alkyl halides is 3. The standard InChI is InChI=1S/C20H20F3N5O/c1-2-17-18-7-4-8-26(18)9-10-28(17)19(29)16-13-27(25-24-16)12-14-5-3-6-15(11-14)20(21,22)23/h3-8,11,13,17H,2,9-10,12H2,1H3/t17-/m0/s1. The number of fused-ring (bicyclic) bond motifs is 1. The Balaban J connectivity index is 1.51. The van der Waals surface area contributed by atoms with Gasteiger partial charge in [-0.2, -0.15) is 13.2 Å². The zero-order valence-electron chi connectivity index (χ0n) is 15.8. The largest absolute Gasteiger partial charge is 0.416 e. The van der Waals surface area contributed by atoms with Gasteiger partial charge in [-0.3, -0.25) is 4.79 Å². The first kappa shape index (κ1) is 19.2. The van der Waals surface area contributed by atoms with Crippen LogP contribution in [-0.2, 0) is 19.3 Å². The van der Waals surface area contributed by atoms with Gasteiger partial charge in [-0.15, -0.1) is 5.10 Å². The summed E-state index contributed by atoms with van der Waals surface area (Å²) in [6.07, 6.45) is -0.136. The third-order valence-corrected chi connectivity index (χ3v) is 5.17. The smallest absolute Gasteiger partial charge is 0.348 e. The Bertz CT molecular complexity index is 1020. The van der Waals surface area contributed by atoms with Gasteiger partial charge in [0.05, 0.1) is 24.3 Å². The van der Waals surface area contributed by atoms with Crippen molar-refractivity contribution in [2.24, 2.45) is 0 Å². The van der Waals surface area contributed by atoms with Crippen LogP contribution in [0.2, 0.25) is 0 Å². The van der Waals surface area contributed by atoms with Gasteiger partial charge in [0.1, 0.15) is 0 Å². The van der Waals surface area contributed by atoms with Gasteiger partial charge < -0.3 is 9.47 Å². The topological polar surface area (TPSA) is 56.0 Å². The van der Waals surface area contributed by atoms with Crippen molar-refractivity contribution < 1.29 is 18.0 Å². The van der Waals surface area contributed by atoms with Crippen molar-refractivity contribution >= 4 is 5.91 Å². The van der Waals surface area contributed by atoms with Gasteiger partial charge in [-0.1, -0.05) is 24.3 Å².